The molecule has 316 valence electrons. The number of fused-ring (bicyclic) bond motifs is 6. The fourth-order valence-electron chi connectivity index (χ4n) is 7.65. The molecule has 4 aromatic heterocycles. The van der Waals surface area contributed by atoms with Crippen LogP contribution in [-0.2, 0) is 30.4 Å². The highest BCUT2D eigenvalue weighted by Gasteiger charge is 2.34. The first kappa shape index (κ1) is 42.8. The van der Waals surface area contributed by atoms with Gasteiger partial charge in [-0.05, 0) is 76.4 Å². The van der Waals surface area contributed by atoms with Crippen molar-refractivity contribution in [3.63, 3.8) is 0 Å². The number of aliphatic imine (C=N–C) groups is 2. The lowest BCUT2D eigenvalue weighted by Crippen LogP contribution is -2.12. The number of benzene rings is 2. The topological polar surface area (TPSA) is 148 Å². The van der Waals surface area contributed by atoms with Crippen molar-refractivity contribution in [1.82, 2.24) is 29.5 Å². The molecule has 2 unspecified atom stereocenters. The van der Waals surface area contributed by atoms with Crippen molar-refractivity contribution in [1.29, 1.82) is 0 Å². The minimum absolute atomic E-state index is 0.0184. The van der Waals surface area contributed by atoms with Gasteiger partial charge in [0.25, 0.3) is 0 Å². The van der Waals surface area contributed by atoms with Crippen molar-refractivity contribution in [3.8, 4) is 10.0 Å². The molecule has 2 aromatic carbocycles. The number of hydrogen-bond acceptors (Lipinski definition) is 13. The summed E-state index contributed by atoms with van der Waals surface area (Å²) in [6.45, 7) is 11.6. The zero-order valence-corrected chi connectivity index (χ0v) is 37.8. The van der Waals surface area contributed by atoms with Crippen LogP contribution in [0.5, 0.6) is 0 Å². The molecule has 2 aliphatic rings. The van der Waals surface area contributed by atoms with Crippen molar-refractivity contribution < 1.29 is 23.8 Å². The van der Waals surface area contributed by atoms with Crippen molar-refractivity contribution >= 4 is 69.1 Å². The molecule has 8 rings (SSSR count). The van der Waals surface area contributed by atoms with Crippen LogP contribution < -0.4 is 0 Å². The van der Waals surface area contributed by atoms with Gasteiger partial charge in [-0.15, -0.1) is 43.1 Å². The minimum Gasteiger partial charge on any atom is -0.469 e. The number of aryl methyl sites for hydroxylation is 3. The summed E-state index contributed by atoms with van der Waals surface area (Å²) < 4.78 is 21.1. The SMILES string of the molecule is COC(=O)CC1N=C(c2ccc(Cl)cc2)c2c(sc(COCCOCCCC(=O)CC3N=C(c4ccc(Cl)cc4)c4c(sc(C)c4C)-n4c(C)nnc43)c2C)-n2c(C)nnc21. The van der Waals surface area contributed by atoms with E-state index >= 15 is 0 Å². The highest BCUT2D eigenvalue weighted by molar-refractivity contribution is 7.15. The first-order chi connectivity index (χ1) is 29.4. The van der Waals surface area contributed by atoms with Crippen molar-refractivity contribution in [2.24, 2.45) is 9.98 Å². The first-order valence-corrected chi connectivity index (χ1v) is 22.3. The molecule has 0 aliphatic carbocycles. The van der Waals surface area contributed by atoms with E-state index in [1.807, 2.05) is 66.9 Å². The van der Waals surface area contributed by atoms with E-state index in [2.05, 4.69) is 45.7 Å². The Morgan fingerprint density at radius 3 is 1.77 bits per heavy atom. The lowest BCUT2D eigenvalue weighted by molar-refractivity contribution is -0.141. The predicted molar refractivity (Wildman–Crippen MR) is 238 cm³/mol. The number of thiophene rings is 2. The van der Waals surface area contributed by atoms with Crippen LogP contribution in [0.2, 0.25) is 10.0 Å². The maximum absolute atomic E-state index is 13.5. The van der Waals surface area contributed by atoms with Crippen molar-refractivity contribution in [2.45, 2.75) is 79.0 Å². The average Bonchev–Trinajstić information content (AvgIpc) is 3.94. The Balaban J connectivity index is 0.894. The maximum atomic E-state index is 13.5. The van der Waals surface area contributed by atoms with Gasteiger partial charge in [-0.2, -0.15) is 0 Å². The summed E-state index contributed by atoms with van der Waals surface area (Å²) in [6.07, 6.45) is 1.13. The molecule has 0 spiro atoms. The Bertz CT molecular complexity index is 2680. The third-order valence-corrected chi connectivity index (χ3v) is 13.9. The second kappa shape index (κ2) is 18.2. The molecule has 17 heteroatoms. The molecule has 0 saturated carbocycles. The van der Waals surface area contributed by atoms with Crippen LogP contribution in [0.25, 0.3) is 10.0 Å². The van der Waals surface area contributed by atoms with Gasteiger partial charge in [0.15, 0.2) is 11.6 Å². The third kappa shape index (κ3) is 8.64. The van der Waals surface area contributed by atoms with Gasteiger partial charge in [0.2, 0.25) is 0 Å². The van der Waals surface area contributed by atoms with Crippen LogP contribution >= 0.6 is 45.9 Å². The molecule has 6 heterocycles. The van der Waals surface area contributed by atoms with Crippen LogP contribution in [0.1, 0.15) is 104 Å². The van der Waals surface area contributed by atoms with Gasteiger partial charge in [0, 0.05) is 61.5 Å². The quantitative estimate of drug-likeness (QED) is 0.0727. The van der Waals surface area contributed by atoms with Crippen molar-refractivity contribution in [2.75, 3.05) is 26.9 Å². The Morgan fingerprint density at radius 2 is 1.20 bits per heavy atom. The molecule has 2 atom stereocenters. The minimum atomic E-state index is -0.599. The van der Waals surface area contributed by atoms with Gasteiger partial charge in [-0.3, -0.25) is 28.7 Å². The summed E-state index contributed by atoms with van der Waals surface area (Å²) >= 11 is 15.8. The summed E-state index contributed by atoms with van der Waals surface area (Å²) in [5, 5.41) is 20.9. The largest absolute Gasteiger partial charge is 0.469 e. The fraction of sp³-hybridized carbons (Fsp3) is 0.364. The second-order valence-electron chi connectivity index (χ2n) is 15.0. The maximum Gasteiger partial charge on any atom is 0.308 e. The molecule has 0 fully saturated rings. The molecule has 13 nitrogen and oxygen atoms in total. The molecule has 0 saturated heterocycles. The highest BCUT2D eigenvalue weighted by atomic mass is 35.5. The Kier molecular flexibility index (Phi) is 12.8. The van der Waals surface area contributed by atoms with Crippen LogP contribution in [-0.4, -0.2) is 79.6 Å². The Hall–Kier alpha value is -4.90. The normalized spacial score (nSPS) is 15.5. The molecule has 6 aromatic rings. The van der Waals surface area contributed by atoms with E-state index in [0.29, 0.717) is 66.8 Å². The third-order valence-electron chi connectivity index (χ3n) is 10.9. The number of ketones is 1. The summed E-state index contributed by atoms with van der Waals surface area (Å²) in [5.74, 6) is 2.36. The van der Waals surface area contributed by atoms with E-state index in [1.165, 1.54) is 12.0 Å². The molecular weight excluding hydrogens is 856 g/mol. The van der Waals surface area contributed by atoms with Crippen LogP contribution in [0, 0.1) is 34.6 Å². The van der Waals surface area contributed by atoms with Crippen LogP contribution in [0.15, 0.2) is 58.5 Å². The molecule has 0 bridgehead atoms. The Morgan fingerprint density at radius 1 is 0.672 bits per heavy atom. The number of aromatic nitrogens is 6. The number of esters is 1. The first-order valence-electron chi connectivity index (χ1n) is 19.9. The van der Waals surface area contributed by atoms with Gasteiger partial charge < -0.3 is 14.2 Å². The molecule has 0 radical (unpaired) electrons. The van der Waals surface area contributed by atoms with Crippen molar-refractivity contribution in [3.05, 3.63) is 125 Å². The Labute approximate surface area is 371 Å². The zero-order valence-electron chi connectivity index (χ0n) is 34.6. The second-order valence-corrected chi connectivity index (χ2v) is 18.1. The fourth-order valence-corrected chi connectivity index (χ4v) is 10.4. The number of Topliss-reactive ketones (excluding diaryl/α,β-unsaturated/α-hetero) is 1. The smallest absolute Gasteiger partial charge is 0.308 e. The van der Waals surface area contributed by atoms with Gasteiger partial charge in [-0.1, -0.05) is 47.5 Å². The van der Waals surface area contributed by atoms with Crippen LogP contribution in [0.4, 0.5) is 0 Å². The molecular formula is C44H44Cl2N8O5S2. The summed E-state index contributed by atoms with van der Waals surface area (Å²) in [7, 11) is 1.36. The summed E-state index contributed by atoms with van der Waals surface area (Å²) in [5.41, 5.74) is 7.47. The zero-order chi connectivity index (χ0) is 42.9. The monoisotopic (exact) mass is 898 g/mol. The number of rotatable bonds is 15. The molecule has 61 heavy (non-hydrogen) atoms. The molecule has 2 aliphatic heterocycles. The van der Waals surface area contributed by atoms with Crippen LogP contribution in [0.3, 0.4) is 0 Å². The van der Waals surface area contributed by atoms with E-state index in [0.717, 1.165) is 65.5 Å². The number of halogens is 2. The van der Waals surface area contributed by atoms with E-state index in [-0.39, 0.29) is 24.6 Å². The number of carbonyl (C=O) groups is 2. The van der Waals surface area contributed by atoms with Gasteiger partial charge in [-0.25, -0.2) is 0 Å². The lowest BCUT2D eigenvalue weighted by Gasteiger charge is -2.12. The van der Waals surface area contributed by atoms with Gasteiger partial charge in [0.1, 0.15) is 39.5 Å². The van der Waals surface area contributed by atoms with E-state index < -0.39 is 12.1 Å². The number of carbonyl (C=O) groups excluding carboxylic acids is 2. The lowest BCUT2D eigenvalue weighted by atomic mass is 9.99. The van der Waals surface area contributed by atoms with E-state index in [9.17, 15) is 9.59 Å². The van der Waals surface area contributed by atoms with Gasteiger partial charge in [0.05, 0.1) is 44.8 Å². The molecule has 0 N–H and O–H groups in total. The number of hydrogen-bond donors (Lipinski definition) is 0. The summed E-state index contributed by atoms with van der Waals surface area (Å²) in [4.78, 5) is 38.6. The number of nitrogens with zero attached hydrogens (tertiary/aromatic N) is 8. The number of ether oxygens (including phenoxy) is 3. The van der Waals surface area contributed by atoms with Gasteiger partial charge >= 0.3 is 5.97 Å². The average molecular weight is 900 g/mol. The van der Waals surface area contributed by atoms with E-state index in [4.69, 9.17) is 47.4 Å². The number of methoxy groups -OCH3 is 1. The van der Waals surface area contributed by atoms with E-state index in [1.54, 1.807) is 22.7 Å². The highest BCUT2D eigenvalue weighted by Crippen LogP contribution is 2.42. The standard InChI is InChI=1S/C44H44Cl2N8O5S2/c1-23-25(3)60-43-37(23)39(28-9-13-30(45)14-10-28)47-33(41-51-49-26(4)53(41)43)20-32(55)8-7-17-58-18-19-59-22-35-24(2)38-40(29-11-15-31(46)16-12-29)48-34(21-36(56)57-6)42-52-50-27(5)54(42)44(38)61-35/h9-16,33-34H,7-8,17-22H2,1-6H3. The predicted octanol–water partition coefficient (Wildman–Crippen LogP) is 9.14. The molecule has 0 amide bonds. The summed E-state index contributed by atoms with van der Waals surface area (Å²) in [6, 6.07) is 14.1.